The molecule has 4 aliphatic rings. The Morgan fingerprint density at radius 2 is 1.80 bits per heavy atom. The van der Waals surface area contributed by atoms with Crippen LogP contribution in [0.4, 0.5) is 0 Å². The normalized spacial score (nSPS) is 44.3. The van der Waals surface area contributed by atoms with Crippen molar-refractivity contribution in [2.75, 3.05) is 0 Å². The molecule has 168 valence electrons. The molecule has 0 spiro atoms. The van der Waals surface area contributed by atoms with Crippen LogP contribution in [0.25, 0.3) is 0 Å². The summed E-state index contributed by atoms with van der Waals surface area (Å²) in [7, 11) is 0. The van der Waals surface area contributed by atoms with Gasteiger partial charge in [-0.05, 0) is 86.9 Å². The molecule has 1 N–H and O–H groups in total. The van der Waals surface area contributed by atoms with Gasteiger partial charge in [-0.3, -0.25) is 0 Å². The lowest BCUT2D eigenvalue weighted by Gasteiger charge is -2.58. The molecular weight excluding hydrogens is 366 g/mol. The van der Waals surface area contributed by atoms with Crippen LogP contribution in [0.3, 0.4) is 0 Å². The fourth-order valence-corrected chi connectivity index (χ4v) is 8.72. The van der Waals surface area contributed by atoms with Crippen LogP contribution in [0, 0.1) is 51.2 Å². The van der Waals surface area contributed by atoms with Gasteiger partial charge in [0, 0.05) is 5.41 Å². The maximum atomic E-state index is 10.4. The lowest BCUT2D eigenvalue weighted by molar-refractivity contribution is -0.0254. The summed E-state index contributed by atoms with van der Waals surface area (Å²) in [5, 5.41) is 20.6. The van der Waals surface area contributed by atoms with Crippen LogP contribution in [0.1, 0.15) is 112 Å². The number of rotatable bonds is 5. The Balaban J connectivity index is 1.59. The smallest absolute Gasteiger partial charge is 0.0700 e. The number of aliphatic hydroxyl groups is 1. The average molecular weight is 412 g/mol. The summed E-state index contributed by atoms with van der Waals surface area (Å²) in [5.74, 6) is 3.28. The van der Waals surface area contributed by atoms with Crippen LogP contribution >= 0.6 is 0 Å². The standard InChI is InChI=1S/C28H45NO/c1-19(2)7-6-8-20(3)23-9-10-24-22-12-16-28(18-29)17-21(30)11-15-27(28,5)25(22)13-14-26(23,24)4/h19-21,23-24,30H,6-17H2,1-5H3/t20-,21-,23-,24+,26-,27-,28-/m1/s1. The number of nitrogens with zero attached hydrogens (tertiary/aromatic N) is 1. The molecule has 0 aromatic heterocycles. The fraction of sp³-hybridized carbons (Fsp3) is 0.893. The van der Waals surface area contributed by atoms with Crippen LogP contribution in [0.2, 0.25) is 0 Å². The van der Waals surface area contributed by atoms with E-state index in [-0.39, 0.29) is 16.9 Å². The van der Waals surface area contributed by atoms with Gasteiger partial charge in [-0.25, -0.2) is 0 Å². The summed E-state index contributed by atoms with van der Waals surface area (Å²) < 4.78 is 0. The van der Waals surface area contributed by atoms with E-state index in [1.54, 1.807) is 11.1 Å². The van der Waals surface area contributed by atoms with E-state index in [1.165, 1.54) is 44.9 Å². The van der Waals surface area contributed by atoms with Crippen LogP contribution < -0.4 is 0 Å². The maximum absolute atomic E-state index is 10.4. The zero-order valence-corrected chi connectivity index (χ0v) is 20.3. The van der Waals surface area contributed by atoms with Crippen molar-refractivity contribution in [3.63, 3.8) is 0 Å². The first-order valence-electron chi connectivity index (χ1n) is 13.0. The molecule has 7 atom stereocenters. The molecule has 30 heavy (non-hydrogen) atoms. The fourth-order valence-electron chi connectivity index (χ4n) is 8.72. The monoisotopic (exact) mass is 411 g/mol. The van der Waals surface area contributed by atoms with Gasteiger partial charge in [-0.2, -0.15) is 5.26 Å². The summed E-state index contributed by atoms with van der Waals surface area (Å²) in [6, 6.07) is 2.76. The average Bonchev–Trinajstić information content (AvgIpc) is 3.05. The minimum Gasteiger partial charge on any atom is -0.393 e. The summed E-state index contributed by atoms with van der Waals surface area (Å²) in [6.07, 6.45) is 13.8. The molecule has 0 radical (unpaired) electrons. The number of hydrogen-bond acceptors (Lipinski definition) is 2. The second-order valence-electron chi connectivity index (χ2n) is 12.5. The zero-order valence-electron chi connectivity index (χ0n) is 20.3. The zero-order chi connectivity index (χ0) is 21.7. The van der Waals surface area contributed by atoms with Crippen molar-refractivity contribution in [2.24, 2.45) is 39.9 Å². The first-order chi connectivity index (χ1) is 14.2. The molecule has 0 saturated heterocycles. The van der Waals surface area contributed by atoms with Crippen molar-refractivity contribution in [3.8, 4) is 6.07 Å². The second-order valence-corrected chi connectivity index (χ2v) is 12.5. The van der Waals surface area contributed by atoms with E-state index in [0.29, 0.717) is 11.8 Å². The Bertz CT molecular complexity index is 731. The predicted octanol–water partition coefficient (Wildman–Crippen LogP) is 7.43. The molecule has 0 aromatic carbocycles. The highest BCUT2D eigenvalue weighted by Gasteiger charge is 2.60. The van der Waals surface area contributed by atoms with Gasteiger partial charge in [-0.15, -0.1) is 0 Å². The Kier molecular flexibility index (Phi) is 5.93. The molecule has 0 bridgehead atoms. The summed E-state index contributed by atoms with van der Waals surface area (Å²) in [4.78, 5) is 0. The summed E-state index contributed by atoms with van der Waals surface area (Å²) >= 11 is 0. The number of hydrogen-bond donors (Lipinski definition) is 1. The van der Waals surface area contributed by atoms with Crippen molar-refractivity contribution >= 4 is 0 Å². The molecule has 0 heterocycles. The predicted molar refractivity (Wildman–Crippen MR) is 124 cm³/mol. The Labute approximate surface area is 185 Å². The van der Waals surface area contributed by atoms with Gasteiger partial charge in [0.25, 0.3) is 0 Å². The van der Waals surface area contributed by atoms with Crippen molar-refractivity contribution in [2.45, 2.75) is 118 Å². The minimum atomic E-state index is -0.334. The van der Waals surface area contributed by atoms with Crippen LogP contribution in [-0.4, -0.2) is 11.2 Å². The van der Waals surface area contributed by atoms with Crippen LogP contribution in [-0.2, 0) is 0 Å². The molecule has 2 nitrogen and oxygen atoms in total. The van der Waals surface area contributed by atoms with Gasteiger partial charge in [0.05, 0.1) is 17.6 Å². The van der Waals surface area contributed by atoms with Crippen LogP contribution in [0.15, 0.2) is 11.1 Å². The largest absolute Gasteiger partial charge is 0.393 e. The lowest BCUT2D eigenvalue weighted by Crippen LogP contribution is -2.51. The summed E-state index contributed by atoms with van der Waals surface area (Å²) in [5.41, 5.74) is 3.56. The third kappa shape index (κ3) is 3.30. The van der Waals surface area contributed by atoms with E-state index in [2.05, 4.69) is 40.7 Å². The van der Waals surface area contributed by atoms with E-state index >= 15 is 0 Å². The molecule has 2 fully saturated rings. The van der Waals surface area contributed by atoms with E-state index < -0.39 is 0 Å². The van der Waals surface area contributed by atoms with Gasteiger partial charge < -0.3 is 5.11 Å². The lowest BCUT2D eigenvalue weighted by atomic mass is 9.45. The van der Waals surface area contributed by atoms with Gasteiger partial charge in [0.1, 0.15) is 0 Å². The van der Waals surface area contributed by atoms with Crippen molar-refractivity contribution in [1.29, 1.82) is 5.26 Å². The number of nitriles is 1. The van der Waals surface area contributed by atoms with E-state index in [1.807, 2.05) is 0 Å². The van der Waals surface area contributed by atoms with Crippen molar-refractivity contribution < 1.29 is 5.11 Å². The highest BCUT2D eigenvalue weighted by molar-refractivity contribution is 5.39. The van der Waals surface area contributed by atoms with Gasteiger partial charge >= 0.3 is 0 Å². The summed E-state index contributed by atoms with van der Waals surface area (Å²) in [6.45, 7) is 12.2. The third-order valence-corrected chi connectivity index (χ3v) is 10.6. The third-order valence-electron chi connectivity index (χ3n) is 10.6. The SMILES string of the molecule is CC(C)CCC[C@@H](C)[C@H]1CC[C@H]2C3=C(CC[C@]12C)[C@@]1(C)CC[C@@H](O)C[C@@]1(C#N)CC3. The molecule has 0 aromatic rings. The van der Waals surface area contributed by atoms with Gasteiger partial charge in [0.2, 0.25) is 0 Å². The van der Waals surface area contributed by atoms with Gasteiger partial charge in [-0.1, -0.05) is 65.0 Å². The highest BCUT2D eigenvalue weighted by Crippen LogP contribution is 2.68. The van der Waals surface area contributed by atoms with Gasteiger partial charge in [0.15, 0.2) is 0 Å². The topological polar surface area (TPSA) is 44.0 Å². The molecule has 0 unspecified atom stereocenters. The first-order valence-corrected chi connectivity index (χ1v) is 13.0. The Morgan fingerprint density at radius 3 is 2.50 bits per heavy atom. The molecule has 2 heteroatoms. The molecule has 2 saturated carbocycles. The highest BCUT2D eigenvalue weighted by atomic mass is 16.3. The van der Waals surface area contributed by atoms with Crippen molar-refractivity contribution in [3.05, 3.63) is 11.1 Å². The molecule has 0 aliphatic heterocycles. The molecule has 0 amide bonds. The van der Waals surface area contributed by atoms with E-state index in [4.69, 9.17) is 0 Å². The number of aliphatic hydroxyl groups excluding tert-OH is 1. The number of fused-ring (bicyclic) bond motifs is 4. The van der Waals surface area contributed by atoms with E-state index in [9.17, 15) is 10.4 Å². The second kappa shape index (κ2) is 7.95. The first kappa shape index (κ1) is 22.4. The molecular formula is C28H45NO. The van der Waals surface area contributed by atoms with E-state index in [0.717, 1.165) is 49.4 Å². The Morgan fingerprint density at radius 1 is 1.03 bits per heavy atom. The van der Waals surface area contributed by atoms with Crippen LogP contribution in [0.5, 0.6) is 0 Å². The van der Waals surface area contributed by atoms with Crippen molar-refractivity contribution in [1.82, 2.24) is 0 Å². The quantitative estimate of drug-likeness (QED) is 0.478. The Hall–Kier alpha value is -0.810. The molecule has 4 rings (SSSR count). The molecule has 4 aliphatic carbocycles. The maximum Gasteiger partial charge on any atom is 0.0700 e. The minimum absolute atomic E-state index is 0.00311. The number of allylic oxidation sites excluding steroid dienone is 2.